The van der Waals surface area contributed by atoms with Crippen molar-refractivity contribution in [1.29, 1.82) is 0 Å². The molecule has 22 heavy (non-hydrogen) atoms. The Kier molecular flexibility index (Phi) is 10.5. The molecule has 1 aliphatic rings. The lowest BCUT2D eigenvalue weighted by molar-refractivity contribution is -0.132. The molecule has 1 rings (SSSR count). The second-order valence-electron chi connectivity index (χ2n) is 6.88. The van der Waals surface area contributed by atoms with Gasteiger partial charge in [0.15, 0.2) is 0 Å². The maximum absolute atomic E-state index is 12.0. The van der Waals surface area contributed by atoms with Crippen molar-refractivity contribution < 1.29 is 4.79 Å². The van der Waals surface area contributed by atoms with Gasteiger partial charge >= 0.3 is 0 Å². The molecule has 0 aliphatic carbocycles. The van der Waals surface area contributed by atoms with Gasteiger partial charge < -0.3 is 10.2 Å². The third-order valence-corrected chi connectivity index (χ3v) is 4.46. The van der Waals surface area contributed by atoms with Gasteiger partial charge in [0.2, 0.25) is 5.91 Å². The Balaban J connectivity index is 2.01. The van der Waals surface area contributed by atoms with E-state index in [1.54, 1.807) is 0 Å². The summed E-state index contributed by atoms with van der Waals surface area (Å²) < 4.78 is 0. The highest BCUT2D eigenvalue weighted by Crippen LogP contribution is 2.09. The molecule has 4 heteroatoms. The molecule has 0 aromatic carbocycles. The lowest BCUT2D eigenvalue weighted by Gasteiger charge is -2.35. The Morgan fingerprint density at radius 1 is 0.955 bits per heavy atom. The van der Waals surface area contributed by atoms with Gasteiger partial charge in [-0.1, -0.05) is 59.3 Å². The minimum atomic E-state index is 0.254. The smallest absolute Gasteiger partial charge is 0.236 e. The summed E-state index contributed by atoms with van der Waals surface area (Å²) in [5.41, 5.74) is 0. The van der Waals surface area contributed by atoms with Crippen LogP contribution in [0.4, 0.5) is 0 Å². The van der Waals surface area contributed by atoms with Crippen LogP contribution < -0.4 is 5.32 Å². The first-order valence-electron chi connectivity index (χ1n) is 9.37. The minimum absolute atomic E-state index is 0.254. The van der Waals surface area contributed by atoms with Crippen LogP contribution in [-0.4, -0.2) is 61.0 Å². The summed E-state index contributed by atoms with van der Waals surface area (Å²) in [6.07, 6.45) is 9.59. The predicted molar refractivity (Wildman–Crippen MR) is 94.2 cm³/mol. The molecule has 1 fully saturated rings. The van der Waals surface area contributed by atoms with Crippen molar-refractivity contribution in [3.8, 4) is 0 Å². The molecule has 0 unspecified atom stereocenters. The molecular formula is C18H37N3O. The second kappa shape index (κ2) is 11.9. The lowest BCUT2D eigenvalue weighted by atomic mass is 10.1. The SMILES string of the molecule is CCCCCCCCCN1CCN(C(=O)CNC(C)C)CC1. The first kappa shape index (κ1) is 19.4. The first-order valence-corrected chi connectivity index (χ1v) is 9.37. The number of carbonyl (C=O) groups excluding carboxylic acids is 1. The van der Waals surface area contributed by atoms with Gasteiger partial charge in [-0.25, -0.2) is 0 Å². The Morgan fingerprint density at radius 3 is 2.14 bits per heavy atom. The van der Waals surface area contributed by atoms with Crippen molar-refractivity contribution in [1.82, 2.24) is 15.1 Å². The van der Waals surface area contributed by atoms with E-state index < -0.39 is 0 Å². The Morgan fingerprint density at radius 2 is 1.55 bits per heavy atom. The van der Waals surface area contributed by atoms with E-state index in [-0.39, 0.29) is 5.91 Å². The fourth-order valence-electron chi connectivity index (χ4n) is 2.92. The van der Waals surface area contributed by atoms with Crippen LogP contribution in [0.5, 0.6) is 0 Å². The summed E-state index contributed by atoms with van der Waals surface area (Å²) in [6.45, 7) is 12.0. The number of nitrogens with one attached hydrogen (secondary N) is 1. The molecule has 0 spiro atoms. The number of rotatable bonds is 11. The van der Waals surface area contributed by atoms with Crippen LogP contribution in [0.1, 0.15) is 65.7 Å². The third-order valence-electron chi connectivity index (χ3n) is 4.46. The summed E-state index contributed by atoms with van der Waals surface area (Å²) >= 11 is 0. The lowest BCUT2D eigenvalue weighted by Crippen LogP contribution is -2.51. The van der Waals surface area contributed by atoms with Gasteiger partial charge in [0.25, 0.3) is 0 Å². The van der Waals surface area contributed by atoms with Crippen molar-refractivity contribution >= 4 is 5.91 Å². The number of hydrogen-bond donors (Lipinski definition) is 1. The van der Waals surface area contributed by atoms with Crippen molar-refractivity contribution in [2.75, 3.05) is 39.3 Å². The molecule has 4 nitrogen and oxygen atoms in total. The summed E-state index contributed by atoms with van der Waals surface area (Å²) in [5, 5.41) is 3.21. The van der Waals surface area contributed by atoms with Crippen LogP contribution >= 0.6 is 0 Å². The maximum Gasteiger partial charge on any atom is 0.236 e. The summed E-state index contributed by atoms with van der Waals surface area (Å²) in [4.78, 5) is 16.6. The van der Waals surface area contributed by atoms with Crippen LogP contribution in [0, 0.1) is 0 Å². The van der Waals surface area contributed by atoms with Crippen molar-refractivity contribution in [3.05, 3.63) is 0 Å². The first-order chi connectivity index (χ1) is 10.6. The highest BCUT2D eigenvalue weighted by atomic mass is 16.2. The molecule has 1 heterocycles. The molecule has 0 bridgehead atoms. The molecule has 1 aliphatic heterocycles. The highest BCUT2D eigenvalue weighted by Gasteiger charge is 2.20. The molecule has 0 aromatic rings. The van der Waals surface area contributed by atoms with Gasteiger partial charge in [0, 0.05) is 32.2 Å². The number of carbonyl (C=O) groups is 1. The summed E-state index contributed by atoms with van der Waals surface area (Å²) in [5.74, 6) is 0.254. The molecular weight excluding hydrogens is 274 g/mol. The molecule has 0 radical (unpaired) electrons. The molecule has 130 valence electrons. The number of hydrogen-bond acceptors (Lipinski definition) is 3. The van der Waals surface area contributed by atoms with E-state index in [0.29, 0.717) is 12.6 Å². The average molecular weight is 312 g/mol. The standard InChI is InChI=1S/C18H37N3O/c1-4-5-6-7-8-9-10-11-20-12-14-21(15-13-20)18(22)16-19-17(2)3/h17,19H,4-16H2,1-3H3. The summed E-state index contributed by atoms with van der Waals surface area (Å²) in [6, 6.07) is 0.377. The van der Waals surface area contributed by atoms with Crippen LogP contribution in [0.2, 0.25) is 0 Å². The van der Waals surface area contributed by atoms with E-state index >= 15 is 0 Å². The van der Waals surface area contributed by atoms with E-state index in [9.17, 15) is 4.79 Å². The molecule has 1 amide bonds. The maximum atomic E-state index is 12.0. The monoisotopic (exact) mass is 311 g/mol. The zero-order valence-electron chi connectivity index (χ0n) is 15.1. The second-order valence-corrected chi connectivity index (χ2v) is 6.88. The Hall–Kier alpha value is -0.610. The van der Waals surface area contributed by atoms with Crippen LogP contribution in [-0.2, 0) is 4.79 Å². The van der Waals surface area contributed by atoms with Gasteiger partial charge in [-0.05, 0) is 13.0 Å². The topological polar surface area (TPSA) is 35.6 Å². The van der Waals surface area contributed by atoms with Crippen LogP contribution in [0.25, 0.3) is 0 Å². The van der Waals surface area contributed by atoms with Gasteiger partial charge in [-0.2, -0.15) is 0 Å². The third kappa shape index (κ3) is 8.74. The van der Waals surface area contributed by atoms with Crippen molar-refractivity contribution in [2.45, 2.75) is 71.8 Å². The molecule has 1 N–H and O–H groups in total. The quantitative estimate of drug-likeness (QED) is 0.596. The van der Waals surface area contributed by atoms with E-state index in [1.165, 1.54) is 51.5 Å². The van der Waals surface area contributed by atoms with Gasteiger partial charge in [-0.15, -0.1) is 0 Å². The van der Waals surface area contributed by atoms with Crippen molar-refractivity contribution in [2.24, 2.45) is 0 Å². The number of nitrogens with zero attached hydrogens (tertiary/aromatic N) is 2. The Labute approximate surface area is 137 Å². The van der Waals surface area contributed by atoms with Crippen LogP contribution in [0.3, 0.4) is 0 Å². The molecule has 1 saturated heterocycles. The fraction of sp³-hybridized carbons (Fsp3) is 0.944. The minimum Gasteiger partial charge on any atom is -0.339 e. The van der Waals surface area contributed by atoms with E-state index in [0.717, 1.165) is 26.2 Å². The summed E-state index contributed by atoms with van der Waals surface area (Å²) in [7, 11) is 0. The van der Waals surface area contributed by atoms with Gasteiger partial charge in [0.05, 0.1) is 6.54 Å². The van der Waals surface area contributed by atoms with Gasteiger partial charge in [0.1, 0.15) is 0 Å². The van der Waals surface area contributed by atoms with Crippen LogP contribution in [0.15, 0.2) is 0 Å². The largest absolute Gasteiger partial charge is 0.339 e. The normalized spacial score (nSPS) is 16.5. The van der Waals surface area contributed by atoms with E-state index in [4.69, 9.17) is 0 Å². The number of amides is 1. The van der Waals surface area contributed by atoms with Crippen molar-refractivity contribution in [3.63, 3.8) is 0 Å². The molecule has 0 atom stereocenters. The van der Waals surface area contributed by atoms with E-state index in [2.05, 4.69) is 31.0 Å². The average Bonchev–Trinajstić information content (AvgIpc) is 2.52. The Bertz CT molecular complexity index is 286. The molecule has 0 aromatic heterocycles. The van der Waals surface area contributed by atoms with E-state index in [1.807, 2.05) is 4.90 Å². The highest BCUT2D eigenvalue weighted by molar-refractivity contribution is 5.78. The zero-order chi connectivity index (χ0) is 16.2. The number of piperazine rings is 1. The molecule has 0 saturated carbocycles. The fourth-order valence-corrected chi connectivity index (χ4v) is 2.92. The zero-order valence-corrected chi connectivity index (χ0v) is 15.1. The predicted octanol–water partition coefficient (Wildman–Crippen LogP) is 2.88. The number of unbranched alkanes of at least 4 members (excludes halogenated alkanes) is 6. The van der Waals surface area contributed by atoms with Gasteiger partial charge in [-0.3, -0.25) is 9.69 Å².